The minimum absolute atomic E-state index is 0.0784. The van der Waals surface area contributed by atoms with Gasteiger partial charge in [-0.25, -0.2) is 0 Å². The molecular weight excluding hydrogens is 379 g/mol. The van der Waals surface area contributed by atoms with Crippen molar-refractivity contribution < 1.29 is 22.7 Å². The molecule has 0 unspecified atom stereocenters. The molecule has 0 aliphatic rings. The van der Waals surface area contributed by atoms with Crippen molar-refractivity contribution in [1.29, 1.82) is 0 Å². The maximum atomic E-state index is 13.4. The number of carbonyl (C=O) groups is 1. The number of aryl methyl sites for hydroxylation is 2. The Morgan fingerprint density at radius 3 is 2.52 bits per heavy atom. The van der Waals surface area contributed by atoms with Crippen molar-refractivity contribution in [1.82, 2.24) is 0 Å². The third kappa shape index (κ3) is 5.16. The second-order valence-electron chi connectivity index (χ2n) is 6.08. The number of hydrogen-bond acceptors (Lipinski definition) is 2. The van der Waals surface area contributed by atoms with Crippen molar-refractivity contribution >= 4 is 23.2 Å². The maximum Gasteiger partial charge on any atom is 0.416 e. The van der Waals surface area contributed by atoms with Gasteiger partial charge in [0.1, 0.15) is 12.4 Å². The molecule has 3 nitrogen and oxygen atoms in total. The molecule has 2 rings (SSSR count). The Hall–Kier alpha value is -2.21. The monoisotopic (exact) mass is 399 g/mol. The van der Waals surface area contributed by atoms with Crippen LogP contribution in [0.5, 0.6) is 5.75 Å². The van der Waals surface area contributed by atoms with Gasteiger partial charge in [-0.05, 0) is 48.7 Å². The van der Waals surface area contributed by atoms with Crippen LogP contribution in [-0.2, 0) is 24.0 Å². The summed E-state index contributed by atoms with van der Waals surface area (Å²) in [5.41, 5.74) is 1.07. The number of anilines is 1. The van der Waals surface area contributed by atoms with Crippen LogP contribution in [0.4, 0.5) is 18.9 Å². The van der Waals surface area contributed by atoms with Crippen LogP contribution >= 0.6 is 11.6 Å². The van der Waals surface area contributed by atoms with E-state index < -0.39 is 11.7 Å². The van der Waals surface area contributed by atoms with Crippen molar-refractivity contribution in [3.05, 3.63) is 57.6 Å². The van der Waals surface area contributed by atoms with Crippen LogP contribution < -0.4 is 10.1 Å². The fraction of sp³-hybridized carbons (Fsp3) is 0.350. The van der Waals surface area contributed by atoms with E-state index in [0.29, 0.717) is 10.8 Å². The number of carbonyl (C=O) groups excluding carboxylic acids is 1. The Morgan fingerprint density at radius 1 is 1.22 bits per heavy atom. The summed E-state index contributed by atoms with van der Waals surface area (Å²) in [5.74, 6) is -0.0761. The summed E-state index contributed by atoms with van der Waals surface area (Å²) >= 11 is 6.21. The number of nitrogens with one attached hydrogen (secondary N) is 1. The van der Waals surface area contributed by atoms with Crippen LogP contribution in [0, 0.1) is 6.92 Å². The first-order valence-corrected chi connectivity index (χ1v) is 8.95. The van der Waals surface area contributed by atoms with Crippen LogP contribution in [0.25, 0.3) is 0 Å². The first-order valence-electron chi connectivity index (χ1n) is 8.58. The number of rotatable bonds is 6. The molecule has 2 aromatic carbocycles. The van der Waals surface area contributed by atoms with E-state index in [2.05, 4.69) is 5.32 Å². The van der Waals surface area contributed by atoms with Gasteiger partial charge >= 0.3 is 6.18 Å². The molecule has 0 spiro atoms. The van der Waals surface area contributed by atoms with E-state index in [9.17, 15) is 18.0 Å². The topological polar surface area (TPSA) is 38.3 Å². The standard InChI is InChI=1S/C20H21ClF3NO2/c1-4-13-10-16(21)18(9-12(13)3)27-11-14-15(20(22,23)24)7-6-8-17(14)25-19(26)5-2/h6-10H,4-5,11H2,1-3H3,(H,25,26). The lowest BCUT2D eigenvalue weighted by atomic mass is 10.0. The molecule has 0 saturated carbocycles. The third-order valence-electron chi connectivity index (χ3n) is 4.22. The lowest BCUT2D eigenvalue weighted by Crippen LogP contribution is -2.17. The van der Waals surface area contributed by atoms with E-state index in [0.717, 1.165) is 23.6 Å². The van der Waals surface area contributed by atoms with Crippen molar-refractivity contribution in [2.24, 2.45) is 0 Å². The first-order chi connectivity index (χ1) is 12.7. The molecule has 7 heteroatoms. The Morgan fingerprint density at radius 2 is 1.93 bits per heavy atom. The molecule has 1 amide bonds. The molecule has 0 saturated heterocycles. The zero-order valence-electron chi connectivity index (χ0n) is 15.3. The van der Waals surface area contributed by atoms with Crippen molar-refractivity contribution in [2.75, 3.05) is 5.32 Å². The van der Waals surface area contributed by atoms with Crippen LogP contribution in [0.15, 0.2) is 30.3 Å². The summed E-state index contributed by atoms with van der Waals surface area (Å²) in [5, 5.41) is 2.84. The average Bonchev–Trinajstić information content (AvgIpc) is 2.61. The van der Waals surface area contributed by atoms with Crippen LogP contribution in [0.2, 0.25) is 5.02 Å². The zero-order valence-corrected chi connectivity index (χ0v) is 16.1. The van der Waals surface area contributed by atoms with Gasteiger partial charge in [-0.15, -0.1) is 0 Å². The normalized spacial score (nSPS) is 11.4. The van der Waals surface area contributed by atoms with Crippen molar-refractivity contribution in [3.8, 4) is 5.75 Å². The number of hydrogen-bond donors (Lipinski definition) is 1. The third-order valence-corrected chi connectivity index (χ3v) is 4.52. The summed E-state index contributed by atoms with van der Waals surface area (Å²) in [6, 6.07) is 7.11. The zero-order chi connectivity index (χ0) is 20.2. The Kier molecular flexibility index (Phi) is 6.76. The van der Waals surface area contributed by atoms with Crippen LogP contribution in [0.1, 0.15) is 42.5 Å². The summed E-state index contributed by atoms with van der Waals surface area (Å²) in [6.45, 7) is 5.12. The van der Waals surface area contributed by atoms with Crippen molar-refractivity contribution in [2.45, 2.75) is 46.4 Å². The second-order valence-corrected chi connectivity index (χ2v) is 6.49. The van der Waals surface area contributed by atoms with Gasteiger partial charge in [-0.3, -0.25) is 4.79 Å². The summed E-state index contributed by atoms with van der Waals surface area (Å²) < 4.78 is 45.9. The molecular formula is C20H21ClF3NO2. The van der Waals surface area contributed by atoms with E-state index in [4.69, 9.17) is 16.3 Å². The fourth-order valence-corrected chi connectivity index (χ4v) is 2.94. The summed E-state index contributed by atoms with van der Waals surface area (Å²) in [7, 11) is 0. The quantitative estimate of drug-likeness (QED) is 0.632. The molecule has 2 aromatic rings. The average molecular weight is 400 g/mol. The predicted octanol–water partition coefficient (Wildman–Crippen LogP) is 6.16. The van der Waals surface area contributed by atoms with Gasteiger partial charge < -0.3 is 10.1 Å². The lowest BCUT2D eigenvalue weighted by molar-refractivity contribution is -0.138. The molecule has 0 heterocycles. The smallest absolute Gasteiger partial charge is 0.416 e. The van der Waals surface area contributed by atoms with E-state index in [1.807, 2.05) is 13.8 Å². The summed E-state index contributed by atoms with van der Waals surface area (Å²) in [6.07, 6.45) is -3.63. The largest absolute Gasteiger partial charge is 0.487 e. The minimum atomic E-state index is -4.57. The number of halogens is 4. The van der Waals surface area contributed by atoms with Gasteiger partial charge in [0, 0.05) is 17.7 Å². The molecule has 0 fully saturated rings. The fourth-order valence-electron chi connectivity index (χ4n) is 2.70. The SMILES string of the molecule is CCC(=O)Nc1cccc(C(F)(F)F)c1COc1cc(C)c(CC)cc1Cl. The van der Waals surface area contributed by atoms with Gasteiger partial charge in [-0.1, -0.05) is 31.5 Å². The Bertz CT molecular complexity index is 835. The molecule has 0 aliphatic carbocycles. The number of amides is 1. The maximum absolute atomic E-state index is 13.4. The molecule has 1 N–H and O–H groups in total. The Labute approximate surface area is 161 Å². The highest BCUT2D eigenvalue weighted by Crippen LogP contribution is 2.37. The number of alkyl halides is 3. The minimum Gasteiger partial charge on any atom is -0.487 e. The van der Waals surface area contributed by atoms with Crippen LogP contribution in [0.3, 0.4) is 0 Å². The van der Waals surface area contributed by atoms with Gasteiger partial charge in [0.15, 0.2) is 0 Å². The molecule has 0 aliphatic heterocycles. The highest BCUT2D eigenvalue weighted by atomic mass is 35.5. The predicted molar refractivity (Wildman–Crippen MR) is 100 cm³/mol. The molecule has 0 bridgehead atoms. The van der Waals surface area contributed by atoms with Gasteiger partial charge in [0.05, 0.1) is 10.6 Å². The van der Waals surface area contributed by atoms with E-state index in [1.54, 1.807) is 19.1 Å². The van der Waals surface area contributed by atoms with E-state index >= 15 is 0 Å². The second kappa shape index (κ2) is 8.65. The highest BCUT2D eigenvalue weighted by molar-refractivity contribution is 6.32. The van der Waals surface area contributed by atoms with Gasteiger partial charge in [0.2, 0.25) is 5.91 Å². The lowest BCUT2D eigenvalue weighted by Gasteiger charge is -2.19. The highest BCUT2D eigenvalue weighted by Gasteiger charge is 2.34. The Balaban J connectivity index is 2.39. The number of ether oxygens (including phenoxy) is 1. The molecule has 27 heavy (non-hydrogen) atoms. The first kappa shape index (κ1) is 21.1. The molecule has 0 aromatic heterocycles. The van der Waals surface area contributed by atoms with E-state index in [1.165, 1.54) is 12.1 Å². The molecule has 0 radical (unpaired) electrons. The molecule has 146 valence electrons. The molecule has 0 atom stereocenters. The van der Waals surface area contributed by atoms with E-state index in [-0.39, 0.29) is 30.2 Å². The number of benzene rings is 2. The van der Waals surface area contributed by atoms with Gasteiger partial charge in [-0.2, -0.15) is 13.2 Å². The van der Waals surface area contributed by atoms with Gasteiger partial charge in [0.25, 0.3) is 0 Å². The van der Waals surface area contributed by atoms with Crippen molar-refractivity contribution in [3.63, 3.8) is 0 Å². The van der Waals surface area contributed by atoms with Crippen LogP contribution in [-0.4, -0.2) is 5.91 Å². The summed E-state index contributed by atoms with van der Waals surface area (Å²) in [4.78, 5) is 11.7.